The number of benzene rings is 2. The lowest BCUT2D eigenvalue weighted by Crippen LogP contribution is -2.26. The van der Waals surface area contributed by atoms with Gasteiger partial charge in [-0.1, -0.05) is 41.4 Å². The van der Waals surface area contributed by atoms with Gasteiger partial charge in [-0.05, 0) is 44.5 Å². The van der Waals surface area contributed by atoms with E-state index in [1.54, 1.807) is 18.2 Å². The van der Waals surface area contributed by atoms with Gasteiger partial charge in [0.1, 0.15) is 5.75 Å². The number of aryl methyl sites for hydroxylation is 1. The van der Waals surface area contributed by atoms with Crippen LogP contribution in [0.4, 0.5) is 0 Å². The largest absolute Gasteiger partial charge is 0.492 e. The molecule has 1 unspecified atom stereocenters. The van der Waals surface area contributed by atoms with Crippen molar-refractivity contribution in [3.8, 4) is 5.75 Å². The molecule has 0 spiro atoms. The van der Waals surface area contributed by atoms with Crippen LogP contribution in [0, 0.1) is 6.92 Å². The summed E-state index contributed by atoms with van der Waals surface area (Å²) in [4.78, 5) is 12.3. The molecule has 0 aliphatic heterocycles. The van der Waals surface area contributed by atoms with Crippen LogP contribution in [0.3, 0.4) is 0 Å². The lowest BCUT2D eigenvalue weighted by atomic mass is 10.1. The molecule has 3 nitrogen and oxygen atoms in total. The molecule has 0 aliphatic rings. The first-order chi connectivity index (χ1) is 10.5. The van der Waals surface area contributed by atoms with Gasteiger partial charge in [0.2, 0.25) is 0 Å². The fourth-order valence-electron chi connectivity index (χ4n) is 2.13. The van der Waals surface area contributed by atoms with Crippen molar-refractivity contribution < 1.29 is 9.53 Å². The number of rotatable bonds is 5. The van der Waals surface area contributed by atoms with E-state index in [1.807, 2.05) is 45.0 Å². The van der Waals surface area contributed by atoms with Crippen LogP contribution in [0.5, 0.6) is 5.75 Å². The van der Waals surface area contributed by atoms with Crippen LogP contribution in [0.15, 0.2) is 42.5 Å². The molecule has 1 atom stereocenters. The molecule has 2 aromatic rings. The molecular weight excluding hydrogens is 298 g/mol. The summed E-state index contributed by atoms with van der Waals surface area (Å²) >= 11 is 6.12. The van der Waals surface area contributed by atoms with E-state index in [-0.39, 0.29) is 11.9 Å². The van der Waals surface area contributed by atoms with Crippen LogP contribution in [0.25, 0.3) is 0 Å². The second-order valence-electron chi connectivity index (χ2n) is 5.18. The Labute approximate surface area is 136 Å². The number of amides is 1. The molecule has 0 aromatic heterocycles. The fraction of sp³-hybridized carbons (Fsp3) is 0.278. The van der Waals surface area contributed by atoms with Gasteiger partial charge in [0.15, 0.2) is 0 Å². The Hall–Kier alpha value is -2.00. The minimum absolute atomic E-state index is 0.0709. The minimum atomic E-state index is -0.155. The van der Waals surface area contributed by atoms with Crippen molar-refractivity contribution >= 4 is 17.5 Å². The lowest BCUT2D eigenvalue weighted by molar-refractivity contribution is 0.0940. The van der Waals surface area contributed by atoms with E-state index in [9.17, 15) is 4.79 Å². The van der Waals surface area contributed by atoms with Crippen LogP contribution in [-0.4, -0.2) is 12.5 Å². The Morgan fingerprint density at radius 2 is 1.91 bits per heavy atom. The number of carbonyl (C=O) groups excluding carboxylic acids is 1. The first kappa shape index (κ1) is 16.4. The molecule has 2 rings (SSSR count). The van der Waals surface area contributed by atoms with E-state index in [0.717, 1.165) is 5.56 Å². The third kappa shape index (κ3) is 4.01. The van der Waals surface area contributed by atoms with Crippen LogP contribution < -0.4 is 10.1 Å². The van der Waals surface area contributed by atoms with Gasteiger partial charge >= 0.3 is 0 Å². The Kier molecular flexibility index (Phi) is 5.45. The van der Waals surface area contributed by atoms with Crippen LogP contribution in [-0.2, 0) is 0 Å². The average molecular weight is 318 g/mol. The highest BCUT2D eigenvalue weighted by Crippen LogP contribution is 2.25. The fourth-order valence-corrected chi connectivity index (χ4v) is 2.37. The van der Waals surface area contributed by atoms with Gasteiger partial charge in [0, 0.05) is 5.56 Å². The molecule has 0 fully saturated rings. The molecular formula is C18H20ClNO2. The Balaban J connectivity index is 2.08. The summed E-state index contributed by atoms with van der Waals surface area (Å²) in [5.41, 5.74) is 2.78. The maximum atomic E-state index is 12.3. The zero-order chi connectivity index (χ0) is 16.1. The molecule has 0 saturated carbocycles. The average Bonchev–Trinajstić information content (AvgIpc) is 2.50. The quantitative estimate of drug-likeness (QED) is 0.879. The maximum Gasteiger partial charge on any atom is 0.251 e. The first-order valence-electron chi connectivity index (χ1n) is 7.31. The van der Waals surface area contributed by atoms with E-state index < -0.39 is 0 Å². The second kappa shape index (κ2) is 7.32. The maximum absolute atomic E-state index is 12.3. The SMILES string of the molecule is CCOc1ccc(C(=O)NC(C)c2ccc(C)cc2)cc1Cl. The van der Waals surface area contributed by atoms with Crippen molar-refractivity contribution in [2.45, 2.75) is 26.8 Å². The predicted molar refractivity (Wildman–Crippen MR) is 89.7 cm³/mol. The van der Waals surface area contributed by atoms with Crippen molar-refractivity contribution in [1.82, 2.24) is 5.32 Å². The van der Waals surface area contributed by atoms with E-state index >= 15 is 0 Å². The molecule has 22 heavy (non-hydrogen) atoms. The topological polar surface area (TPSA) is 38.3 Å². The number of nitrogens with one attached hydrogen (secondary N) is 1. The van der Waals surface area contributed by atoms with Gasteiger partial charge in [0.25, 0.3) is 5.91 Å². The standard InChI is InChI=1S/C18H20ClNO2/c1-4-22-17-10-9-15(11-16(17)19)18(21)20-13(3)14-7-5-12(2)6-8-14/h5-11,13H,4H2,1-3H3,(H,20,21). The normalized spacial score (nSPS) is 11.8. The Morgan fingerprint density at radius 1 is 1.23 bits per heavy atom. The van der Waals surface area contributed by atoms with Crippen molar-refractivity contribution in [3.63, 3.8) is 0 Å². The Bertz CT molecular complexity index is 653. The van der Waals surface area contributed by atoms with Gasteiger partial charge < -0.3 is 10.1 Å². The van der Waals surface area contributed by atoms with Crippen LogP contribution >= 0.6 is 11.6 Å². The van der Waals surface area contributed by atoms with Crippen molar-refractivity contribution in [1.29, 1.82) is 0 Å². The van der Waals surface area contributed by atoms with Gasteiger partial charge in [-0.2, -0.15) is 0 Å². The van der Waals surface area contributed by atoms with Gasteiger partial charge in [-0.3, -0.25) is 4.79 Å². The molecule has 1 N–H and O–H groups in total. The molecule has 116 valence electrons. The summed E-state index contributed by atoms with van der Waals surface area (Å²) < 4.78 is 5.37. The number of hydrogen-bond acceptors (Lipinski definition) is 2. The molecule has 0 heterocycles. The van der Waals surface area contributed by atoms with E-state index in [1.165, 1.54) is 5.56 Å². The molecule has 0 radical (unpaired) electrons. The monoisotopic (exact) mass is 317 g/mol. The highest BCUT2D eigenvalue weighted by molar-refractivity contribution is 6.32. The summed E-state index contributed by atoms with van der Waals surface area (Å²) in [7, 11) is 0. The van der Waals surface area contributed by atoms with Crippen LogP contribution in [0.1, 0.15) is 41.4 Å². The third-order valence-corrected chi connectivity index (χ3v) is 3.71. The van der Waals surface area contributed by atoms with Gasteiger partial charge in [0.05, 0.1) is 17.7 Å². The highest BCUT2D eigenvalue weighted by Gasteiger charge is 2.13. The lowest BCUT2D eigenvalue weighted by Gasteiger charge is -2.15. The number of carbonyl (C=O) groups is 1. The molecule has 0 aliphatic carbocycles. The zero-order valence-corrected chi connectivity index (χ0v) is 13.8. The van der Waals surface area contributed by atoms with E-state index in [0.29, 0.717) is 22.9 Å². The number of halogens is 1. The summed E-state index contributed by atoms with van der Waals surface area (Å²) in [6.07, 6.45) is 0. The van der Waals surface area contributed by atoms with E-state index in [4.69, 9.17) is 16.3 Å². The van der Waals surface area contributed by atoms with Crippen molar-refractivity contribution in [2.75, 3.05) is 6.61 Å². The summed E-state index contributed by atoms with van der Waals surface area (Å²) in [6, 6.07) is 13.1. The number of ether oxygens (including phenoxy) is 1. The summed E-state index contributed by atoms with van der Waals surface area (Å²) in [5.74, 6) is 0.435. The molecule has 4 heteroatoms. The molecule has 2 aromatic carbocycles. The Morgan fingerprint density at radius 3 is 2.50 bits per heavy atom. The van der Waals surface area contributed by atoms with Gasteiger partial charge in [-0.15, -0.1) is 0 Å². The minimum Gasteiger partial charge on any atom is -0.492 e. The third-order valence-electron chi connectivity index (χ3n) is 3.42. The smallest absolute Gasteiger partial charge is 0.251 e. The second-order valence-corrected chi connectivity index (χ2v) is 5.59. The highest BCUT2D eigenvalue weighted by atomic mass is 35.5. The van der Waals surface area contributed by atoms with Gasteiger partial charge in [-0.25, -0.2) is 0 Å². The predicted octanol–water partition coefficient (Wildman–Crippen LogP) is 4.54. The summed E-state index contributed by atoms with van der Waals surface area (Å²) in [5, 5.41) is 3.41. The van der Waals surface area contributed by atoms with E-state index in [2.05, 4.69) is 5.32 Å². The van der Waals surface area contributed by atoms with Crippen molar-refractivity contribution in [3.05, 3.63) is 64.2 Å². The molecule has 0 saturated heterocycles. The number of hydrogen-bond donors (Lipinski definition) is 1. The first-order valence-corrected chi connectivity index (χ1v) is 7.69. The summed E-state index contributed by atoms with van der Waals surface area (Å²) in [6.45, 7) is 6.42. The molecule has 0 bridgehead atoms. The van der Waals surface area contributed by atoms with Crippen LogP contribution in [0.2, 0.25) is 5.02 Å². The molecule has 1 amide bonds. The van der Waals surface area contributed by atoms with Crippen molar-refractivity contribution in [2.24, 2.45) is 0 Å². The zero-order valence-electron chi connectivity index (χ0n) is 13.0.